The third-order valence-corrected chi connectivity index (χ3v) is 19.3. The van der Waals surface area contributed by atoms with E-state index >= 15 is 4.79 Å². The second-order valence-corrected chi connectivity index (χ2v) is 32.9. The Labute approximate surface area is 562 Å². The number of carbonyl (C=O) groups excluding carboxylic acids is 3. The molecule has 0 spiro atoms. The van der Waals surface area contributed by atoms with Gasteiger partial charge in [-0.25, -0.2) is 9.59 Å². The van der Waals surface area contributed by atoms with Gasteiger partial charge in [0, 0.05) is 73.2 Å². The molecular formula is C82H130N6O4. The highest BCUT2D eigenvalue weighted by atomic mass is 16.3. The van der Waals surface area contributed by atoms with Crippen molar-refractivity contribution in [3.63, 3.8) is 0 Å². The van der Waals surface area contributed by atoms with Gasteiger partial charge in [-0.3, -0.25) is 4.79 Å². The van der Waals surface area contributed by atoms with Crippen LogP contribution in [0.4, 0.5) is 32.3 Å². The van der Waals surface area contributed by atoms with Crippen molar-refractivity contribution < 1.29 is 19.5 Å². The van der Waals surface area contributed by atoms with Gasteiger partial charge in [0.2, 0.25) is 5.78 Å². The Morgan fingerprint density at radius 1 is 0.533 bits per heavy atom. The number of rotatable bonds is 33. The quantitative estimate of drug-likeness (QED) is 0.0524. The van der Waals surface area contributed by atoms with E-state index in [0.29, 0.717) is 84.2 Å². The predicted molar refractivity (Wildman–Crippen MR) is 395 cm³/mol. The van der Waals surface area contributed by atoms with E-state index < -0.39 is 0 Å². The number of allylic oxidation sites excluding steroid dienone is 3. The minimum atomic E-state index is -0.352. The molecule has 92 heavy (non-hydrogen) atoms. The number of nitrogens with zero attached hydrogens (tertiary/aromatic N) is 4. The fourth-order valence-corrected chi connectivity index (χ4v) is 14.8. The number of amides is 4. The molecule has 7 atom stereocenters. The van der Waals surface area contributed by atoms with Crippen LogP contribution in [0.15, 0.2) is 108 Å². The number of aryl methyl sites for hydroxylation is 2. The summed E-state index contributed by atoms with van der Waals surface area (Å²) < 4.78 is 0. The zero-order valence-electron chi connectivity index (χ0n) is 62.2. The lowest BCUT2D eigenvalue weighted by atomic mass is 9.75. The number of hydrogen-bond donors (Lipinski definition) is 3. The summed E-state index contributed by atoms with van der Waals surface area (Å²) in [5.41, 5.74) is 8.59. The maximum atomic E-state index is 15.4. The molecule has 0 radical (unpaired) electrons. The largest absolute Gasteiger partial charge is 0.506 e. The monoisotopic (exact) mass is 1260 g/mol. The Kier molecular flexibility index (Phi) is 28.9. The van der Waals surface area contributed by atoms with Gasteiger partial charge in [-0.05, 0) is 209 Å². The number of unbranched alkanes of at least 4 members (excludes halogenated alkanes) is 2. The second kappa shape index (κ2) is 34.6. The number of carbonyl (C=O) groups is 3. The van der Waals surface area contributed by atoms with Crippen molar-refractivity contribution in [2.75, 3.05) is 54.4 Å². The minimum absolute atomic E-state index is 0.135. The van der Waals surface area contributed by atoms with Gasteiger partial charge in [0.25, 0.3) is 0 Å². The smallest absolute Gasteiger partial charge is 0.321 e. The van der Waals surface area contributed by atoms with E-state index in [-0.39, 0.29) is 62.5 Å². The minimum Gasteiger partial charge on any atom is -0.506 e. The maximum absolute atomic E-state index is 15.4. The first kappa shape index (κ1) is 76.9. The Bertz CT molecular complexity index is 2950. The Balaban J connectivity index is 1.73. The fourth-order valence-electron chi connectivity index (χ4n) is 14.8. The molecular weight excluding hydrogens is 1130 g/mol. The van der Waals surface area contributed by atoms with Gasteiger partial charge in [-0.2, -0.15) is 0 Å². The average Bonchev–Trinajstić information content (AvgIpc) is 0.734. The molecule has 0 heterocycles. The number of urea groups is 2. The van der Waals surface area contributed by atoms with E-state index in [4.69, 9.17) is 0 Å². The van der Waals surface area contributed by atoms with E-state index in [0.717, 1.165) is 114 Å². The molecule has 0 fully saturated rings. The van der Waals surface area contributed by atoms with Gasteiger partial charge >= 0.3 is 12.1 Å². The van der Waals surface area contributed by atoms with E-state index in [2.05, 4.69) is 212 Å². The van der Waals surface area contributed by atoms with Gasteiger partial charge in [-0.1, -0.05) is 187 Å². The summed E-state index contributed by atoms with van der Waals surface area (Å²) in [6.45, 7) is 53.7. The molecule has 2 aliphatic rings. The third kappa shape index (κ3) is 23.3. The lowest BCUT2D eigenvalue weighted by Crippen LogP contribution is -2.43. The standard InChI is InChI=1S/C82H130N6O4/c1-23-29-31-61-35-41-65(42-36-61)87(55-63(59(9)53-81(17,18)19)39-33-57(7)51-79(11,12)13)67-45-47-69(71(49-67)83-77(91)85(25-3)26-4)73-75(89)74(76(73)90)70-48-46-68(50-72(70)84-78(92)86(27-5)28-6)88(66-43-37-62(38-44-66)32-30-24-2)56-64(60(10)54-82(20,21)22)40-34-58(8)52-80(14,15)16/h35-38,41-50,57-60,63-64,67,89H,23-34,39-40,51-56H2,1-22H3,(H,83,91)(H,84,92)/b73-69-. The number of Topliss-reactive ketones (excluding diaryl/α,β-unsaturated/α-hetero) is 1. The molecule has 0 bridgehead atoms. The molecule has 3 N–H and O–H groups in total. The molecule has 4 amide bonds. The molecule has 2 aliphatic carbocycles. The lowest BCUT2D eigenvalue weighted by molar-refractivity contribution is -0.111. The number of anilines is 4. The van der Waals surface area contributed by atoms with Crippen LogP contribution in [0.3, 0.4) is 0 Å². The van der Waals surface area contributed by atoms with E-state index in [9.17, 15) is 14.7 Å². The molecule has 0 aromatic heterocycles. The number of ketones is 1. The molecule has 3 aromatic carbocycles. The van der Waals surface area contributed by atoms with Crippen LogP contribution >= 0.6 is 0 Å². The zero-order valence-corrected chi connectivity index (χ0v) is 62.2. The topological polar surface area (TPSA) is 108 Å². The normalized spacial score (nSPS) is 17.5. The molecule has 0 saturated heterocycles. The SMILES string of the molecule is CCCCc1ccc(N(CC(CCC(C)CC(C)(C)C)C(C)CC(C)(C)C)c2ccc(C3=C(O)/C(=C4\C=CC(N(CC(CCC(C)CC(C)(C)C)C(C)CC(C)(C)C)c5ccc(CCCC)cc5)C=C4NC(=O)N(CC)CC)C3=O)c(NC(=O)N(CC)CC)c2)cc1. The summed E-state index contributed by atoms with van der Waals surface area (Å²) in [6, 6.07) is 23.3. The van der Waals surface area contributed by atoms with Crippen LogP contribution in [0.1, 0.15) is 246 Å². The molecule has 512 valence electrons. The number of benzene rings is 3. The first-order valence-electron chi connectivity index (χ1n) is 36.2. The van der Waals surface area contributed by atoms with Crippen LogP contribution in [0, 0.1) is 57.2 Å². The number of aliphatic hydroxyl groups is 1. The van der Waals surface area contributed by atoms with Crippen LogP contribution in [-0.2, 0) is 17.6 Å². The predicted octanol–water partition coefficient (Wildman–Crippen LogP) is 22.0. The number of aliphatic hydroxyl groups excluding tert-OH is 1. The fraction of sp³-hybridized carbons (Fsp3) is 0.646. The highest BCUT2D eigenvalue weighted by Gasteiger charge is 2.41. The van der Waals surface area contributed by atoms with Crippen molar-refractivity contribution in [2.45, 2.75) is 248 Å². The Morgan fingerprint density at radius 2 is 0.967 bits per heavy atom. The maximum Gasteiger partial charge on any atom is 0.321 e. The summed E-state index contributed by atoms with van der Waals surface area (Å²) in [5, 5.41) is 19.3. The summed E-state index contributed by atoms with van der Waals surface area (Å²) in [4.78, 5) is 52.6. The van der Waals surface area contributed by atoms with Gasteiger partial charge < -0.3 is 35.3 Å². The van der Waals surface area contributed by atoms with E-state index in [1.165, 1.54) is 17.5 Å². The molecule has 3 aromatic rings. The number of hydrogen-bond acceptors (Lipinski definition) is 6. The van der Waals surface area contributed by atoms with Gasteiger partial charge in [0.15, 0.2) is 0 Å². The first-order valence-corrected chi connectivity index (χ1v) is 36.2. The lowest BCUT2D eigenvalue weighted by Gasteiger charge is -2.39. The van der Waals surface area contributed by atoms with Crippen molar-refractivity contribution in [1.29, 1.82) is 0 Å². The van der Waals surface area contributed by atoms with Crippen LogP contribution in [0.2, 0.25) is 0 Å². The summed E-state index contributed by atoms with van der Waals surface area (Å²) in [6.07, 6.45) is 21.7. The van der Waals surface area contributed by atoms with Gasteiger partial charge in [0.1, 0.15) is 5.76 Å². The highest BCUT2D eigenvalue weighted by Crippen LogP contribution is 2.46. The van der Waals surface area contributed by atoms with Crippen LogP contribution in [-0.4, -0.2) is 78.1 Å². The van der Waals surface area contributed by atoms with Crippen LogP contribution in [0.5, 0.6) is 0 Å². The van der Waals surface area contributed by atoms with Crippen molar-refractivity contribution in [1.82, 2.24) is 15.1 Å². The van der Waals surface area contributed by atoms with Gasteiger partial charge in [-0.15, -0.1) is 0 Å². The summed E-state index contributed by atoms with van der Waals surface area (Å²) >= 11 is 0. The average molecular weight is 1260 g/mol. The van der Waals surface area contributed by atoms with Crippen LogP contribution < -0.4 is 20.4 Å². The molecule has 10 nitrogen and oxygen atoms in total. The number of nitrogens with one attached hydrogen (secondary N) is 2. The first-order chi connectivity index (χ1) is 43.1. The zero-order chi connectivity index (χ0) is 68.5. The van der Waals surface area contributed by atoms with Gasteiger partial charge in [0.05, 0.1) is 22.9 Å². The molecule has 5 rings (SSSR count). The summed E-state index contributed by atoms with van der Waals surface area (Å²) in [7, 11) is 0. The van der Waals surface area contributed by atoms with E-state index in [1.54, 1.807) is 9.80 Å². The van der Waals surface area contributed by atoms with Crippen molar-refractivity contribution >= 4 is 46.2 Å². The van der Waals surface area contributed by atoms with Crippen molar-refractivity contribution in [3.05, 3.63) is 124 Å². The third-order valence-electron chi connectivity index (χ3n) is 19.3. The van der Waals surface area contributed by atoms with E-state index in [1.807, 2.05) is 45.9 Å². The summed E-state index contributed by atoms with van der Waals surface area (Å²) in [5.74, 6) is 2.21. The molecule has 7 unspecified atom stereocenters. The van der Waals surface area contributed by atoms with Crippen molar-refractivity contribution in [3.8, 4) is 0 Å². The molecule has 0 saturated carbocycles. The Hall–Kier alpha value is -5.77. The molecule has 10 heteroatoms. The highest BCUT2D eigenvalue weighted by molar-refractivity contribution is 6.40. The second-order valence-electron chi connectivity index (χ2n) is 32.9. The Morgan fingerprint density at radius 3 is 1.40 bits per heavy atom. The molecule has 0 aliphatic heterocycles. The van der Waals surface area contributed by atoms with Crippen molar-refractivity contribution in [2.24, 2.45) is 57.2 Å². The van der Waals surface area contributed by atoms with Crippen LogP contribution in [0.25, 0.3) is 5.57 Å².